The molecule has 1 aromatic rings. The molecule has 0 atom stereocenters. The van der Waals surface area contributed by atoms with Crippen LogP contribution in [0.15, 0.2) is 22.7 Å². The van der Waals surface area contributed by atoms with Gasteiger partial charge in [-0.25, -0.2) is 8.42 Å². The molecule has 2 N–H and O–H groups in total. The Balaban J connectivity index is 2.58. The number of halogens is 1. The fourth-order valence-corrected chi connectivity index (χ4v) is 2.32. The molecule has 0 aromatic heterocycles. The normalized spacial score (nSPS) is 11.8. The molecule has 0 aliphatic heterocycles. The van der Waals surface area contributed by atoms with Crippen molar-refractivity contribution in [1.29, 1.82) is 0 Å². The lowest BCUT2D eigenvalue weighted by molar-refractivity contribution is 0.342. The number of rotatable bonds is 5. The van der Waals surface area contributed by atoms with E-state index in [9.17, 15) is 8.42 Å². The fraction of sp³-hybridized carbons (Fsp3) is 0.455. The summed E-state index contributed by atoms with van der Waals surface area (Å²) in [5, 5.41) is -0.381. The first-order valence-corrected chi connectivity index (χ1v) is 7.73. The van der Waals surface area contributed by atoms with Crippen LogP contribution in [-0.2, 0) is 9.84 Å². The van der Waals surface area contributed by atoms with Gasteiger partial charge in [0.2, 0.25) is 0 Å². The molecule has 0 aliphatic carbocycles. The van der Waals surface area contributed by atoms with E-state index in [1.807, 2.05) is 0 Å². The molecule has 1 aromatic carbocycles. The molecule has 0 spiro atoms. The van der Waals surface area contributed by atoms with Gasteiger partial charge in [-0.05, 0) is 32.0 Å². The highest BCUT2D eigenvalue weighted by atomic mass is 79.9. The van der Waals surface area contributed by atoms with Crippen LogP contribution in [-0.4, -0.2) is 26.0 Å². The van der Waals surface area contributed by atoms with Gasteiger partial charge >= 0.3 is 0 Å². The Morgan fingerprint density at radius 3 is 2.59 bits per heavy atom. The van der Waals surface area contributed by atoms with Gasteiger partial charge in [0.15, 0.2) is 9.84 Å². The summed E-state index contributed by atoms with van der Waals surface area (Å²) in [6.45, 7) is 3.43. The molecule has 4 nitrogen and oxygen atoms in total. The molecule has 1 rings (SSSR count). The third kappa shape index (κ3) is 4.20. The van der Waals surface area contributed by atoms with Crippen LogP contribution in [0.5, 0.6) is 5.75 Å². The van der Waals surface area contributed by atoms with E-state index in [0.29, 0.717) is 11.4 Å². The monoisotopic (exact) mass is 321 g/mol. The van der Waals surface area contributed by atoms with Crippen LogP contribution in [0.25, 0.3) is 0 Å². The van der Waals surface area contributed by atoms with Gasteiger partial charge in [0.25, 0.3) is 0 Å². The maximum atomic E-state index is 11.5. The molecule has 0 fully saturated rings. The van der Waals surface area contributed by atoms with Crippen LogP contribution in [0.4, 0.5) is 5.69 Å². The molecule has 96 valence electrons. The van der Waals surface area contributed by atoms with Crippen LogP contribution in [0.3, 0.4) is 0 Å². The number of hydrogen-bond donors (Lipinski definition) is 1. The smallest absolute Gasteiger partial charge is 0.155 e. The number of nitrogen functional groups attached to an aromatic ring is 1. The highest BCUT2D eigenvalue weighted by Gasteiger charge is 2.16. The zero-order valence-corrected chi connectivity index (χ0v) is 12.2. The van der Waals surface area contributed by atoms with E-state index in [-0.39, 0.29) is 17.6 Å². The van der Waals surface area contributed by atoms with E-state index in [1.165, 1.54) is 0 Å². The first-order chi connectivity index (χ1) is 7.83. The van der Waals surface area contributed by atoms with Gasteiger partial charge < -0.3 is 10.5 Å². The molecular weight excluding hydrogens is 306 g/mol. The summed E-state index contributed by atoms with van der Waals surface area (Å²) < 4.78 is 29.3. The Labute approximate surface area is 110 Å². The van der Waals surface area contributed by atoms with Gasteiger partial charge in [0, 0.05) is 4.47 Å². The molecule has 0 radical (unpaired) electrons. The Morgan fingerprint density at radius 2 is 2.06 bits per heavy atom. The third-order valence-electron chi connectivity index (χ3n) is 2.32. The van der Waals surface area contributed by atoms with Crippen molar-refractivity contribution in [2.24, 2.45) is 0 Å². The molecule has 6 heteroatoms. The molecular formula is C11H16BrNO3S. The van der Waals surface area contributed by atoms with Gasteiger partial charge in [-0.3, -0.25) is 0 Å². The van der Waals surface area contributed by atoms with E-state index in [2.05, 4.69) is 15.9 Å². The van der Waals surface area contributed by atoms with E-state index in [0.717, 1.165) is 4.47 Å². The fourth-order valence-electron chi connectivity index (χ4n) is 1.15. The molecule has 0 bridgehead atoms. The molecule has 0 unspecified atom stereocenters. The lowest BCUT2D eigenvalue weighted by atomic mass is 10.3. The summed E-state index contributed by atoms with van der Waals surface area (Å²) in [5.41, 5.74) is 6.21. The van der Waals surface area contributed by atoms with Gasteiger partial charge in [0.05, 0.1) is 16.7 Å². The minimum absolute atomic E-state index is 0.000169. The van der Waals surface area contributed by atoms with Crippen LogP contribution in [0.2, 0.25) is 0 Å². The highest BCUT2D eigenvalue weighted by molar-refractivity contribution is 9.10. The summed E-state index contributed by atoms with van der Waals surface area (Å²) in [5.74, 6) is 0.507. The lowest BCUT2D eigenvalue weighted by Crippen LogP contribution is -2.22. The number of benzene rings is 1. The zero-order chi connectivity index (χ0) is 13.1. The Morgan fingerprint density at radius 1 is 1.41 bits per heavy atom. The van der Waals surface area contributed by atoms with Crippen LogP contribution in [0, 0.1) is 0 Å². The average Bonchev–Trinajstić information content (AvgIpc) is 2.21. The van der Waals surface area contributed by atoms with E-state index < -0.39 is 9.84 Å². The quantitative estimate of drug-likeness (QED) is 0.844. The number of ether oxygens (including phenoxy) is 1. The van der Waals surface area contributed by atoms with Crippen LogP contribution in [0.1, 0.15) is 13.8 Å². The maximum Gasteiger partial charge on any atom is 0.155 e. The largest absolute Gasteiger partial charge is 0.490 e. The van der Waals surface area contributed by atoms with Crippen molar-refractivity contribution in [3.05, 3.63) is 22.7 Å². The average molecular weight is 322 g/mol. The first-order valence-electron chi connectivity index (χ1n) is 5.22. The van der Waals surface area contributed by atoms with Crippen molar-refractivity contribution in [3.8, 4) is 5.75 Å². The Hall–Kier alpha value is -0.750. The summed E-state index contributed by atoms with van der Waals surface area (Å²) >= 11 is 3.28. The van der Waals surface area contributed by atoms with Gasteiger partial charge in [-0.2, -0.15) is 0 Å². The maximum absolute atomic E-state index is 11.5. The zero-order valence-electron chi connectivity index (χ0n) is 9.81. The van der Waals surface area contributed by atoms with Crippen molar-refractivity contribution < 1.29 is 13.2 Å². The summed E-state index contributed by atoms with van der Waals surface area (Å²) in [4.78, 5) is 0. The van der Waals surface area contributed by atoms with Crippen molar-refractivity contribution >= 4 is 31.5 Å². The van der Waals surface area contributed by atoms with E-state index in [1.54, 1.807) is 32.0 Å². The summed E-state index contributed by atoms with van der Waals surface area (Å²) in [6.07, 6.45) is 0. The predicted octanol–water partition coefficient (Wildman–Crippen LogP) is 2.23. The van der Waals surface area contributed by atoms with Crippen molar-refractivity contribution in [2.75, 3.05) is 18.1 Å². The van der Waals surface area contributed by atoms with E-state index in [4.69, 9.17) is 10.5 Å². The number of anilines is 1. The van der Waals surface area contributed by atoms with E-state index >= 15 is 0 Å². The highest BCUT2D eigenvalue weighted by Crippen LogP contribution is 2.25. The number of nitrogens with two attached hydrogens (primary N) is 1. The number of sulfone groups is 1. The van der Waals surface area contributed by atoms with Gasteiger partial charge in [-0.15, -0.1) is 0 Å². The standard InChI is InChI=1S/C11H16BrNO3S/c1-8(2)17(14,15)6-5-16-11-4-3-9(12)7-10(11)13/h3-4,7-8H,5-6,13H2,1-2H3. The van der Waals surface area contributed by atoms with Crippen LogP contribution >= 0.6 is 15.9 Å². The number of hydrogen-bond acceptors (Lipinski definition) is 4. The molecule has 0 aliphatic rings. The SMILES string of the molecule is CC(C)S(=O)(=O)CCOc1ccc(Br)cc1N. The molecule has 17 heavy (non-hydrogen) atoms. The third-order valence-corrected chi connectivity index (χ3v) is 4.98. The summed E-state index contributed by atoms with van der Waals surface area (Å²) in [7, 11) is -3.06. The molecule has 0 amide bonds. The second-order valence-electron chi connectivity index (χ2n) is 3.95. The predicted molar refractivity (Wildman–Crippen MR) is 73.0 cm³/mol. The van der Waals surface area contributed by atoms with Gasteiger partial charge in [-0.1, -0.05) is 15.9 Å². The second kappa shape index (κ2) is 5.73. The van der Waals surface area contributed by atoms with Crippen molar-refractivity contribution in [2.45, 2.75) is 19.1 Å². The first kappa shape index (κ1) is 14.3. The van der Waals surface area contributed by atoms with Crippen molar-refractivity contribution in [3.63, 3.8) is 0 Å². The summed E-state index contributed by atoms with van der Waals surface area (Å²) in [6, 6.07) is 5.22. The topological polar surface area (TPSA) is 69.4 Å². The molecule has 0 heterocycles. The molecule has 0 saturated carbocycles. The lowest BCUT2D eigenvalue weighted by Gasteiger charge is -2.11. The van der Waals surface area contributed by atoms with Gasteiger partial charge in [0.1, 0.15) is 12.4 Å². The minimum atomic E-state index is -3.06. The molecule has 0 saturated heterocycles. The Kier molecular flexibility index (Phi) is 4.82. The van der Waals surface area contributed by atoms with Crippen LogP contribution < -0.4 is 10.5 Å². The minimum Gasteiger partial charge on any atom is -0.490 e. The second-order valence-corrected chi connectivity index (χ2v) is 7.54. The Bertz CT molecular complexity index is 485. The van der Waals surface area contributed by atoms with Crippen molar-refractivity contribution in [1.82, 2.24) is 0 Å².